The Bertz CT molecular complexity index is 550. The second-order valence-electron chi connectivity index (χ2n) is 5.04. The maximum atomic E-state index is 11.6. The molecule has 1 atom stereocenters. The fourth-order valence-corrected chi connectivity index (χ4v) is 2.84. The first-order chi connectivity index (χ1) is 8.97. The predicted octanol–water partition coefficient (Wildman–Crippen LogP) is 2.85. The van der Waals surface area contributed by atoms with Gasteiger partial charge in [0.05, 0.1) is 16.7 Å². The molecule has 0 aromatic carbocycles. The SMILES string of the molecule is CCOC(CC)c1ncc(S(C)(=O)=O)cc1C1CC1. The summed E-state index contributed by atoms with van der Waals surface area (Å²) >= 11 is 0. The topological polar surface area (TPSA) is 56.3 Å². The minimum atomic E-state index is -3.20. The number of aromatic nitrogens is 1. The Balaban J connectivity index is 2.43. The number of pyridine rings is 1. The van der Waals surface area contributed by atoms with E-state index in [0.717, 1.165) is 30.5 Å². The second-order valence-corrected chi connectivity index (χ2v) is 7.06. The zero-order valence-corrected chi connectivity index (χ0v) is 12.5. The third kappa shape index (κ3) is 3.34. The maximum Gasteiger partial charge on any atom is 0.177 e. The van der Waals surface area contributed by atoms with Gasteiger partial charge in [0.2, 0.25) is 0 Å². The van der Waals surface area contributed by atoms with Crippen LogP contribution in [0.4, 0.5) is 0 Å². The highest BCUT2D eigenvalue weighted by atomic mass is 32.2. The Morgan fingerprint density at radius 1 is 1.42 bits per heavy atom. The van der Waals surface area contributed by atoms with Crippen LogP contribution >= 0.6 is 0 Å². The molecule has 0 bridgehead atoms. The minimum absolute atomic E-state index is 0.0331. The smallest absolute Gasteiger partial charge is 0.177 e. The Kier molecular flexibility index (Phi) is 4.26. The third-order valence-corrected chi connectivity index (χ3v) is 4.49. The maximum absolute atomic E-state index is 11.6. The molecule has 0 saturated heterocycles. The summed E-state index contributed by atoms with van der Waals surface area (Å²) in [6.07, 6.45) is 5.72. The van der Waals surface area contributed by atoms with E-state index in [0.29, 0.717) is 17.4 Å². The summed E-state index contributed by atoms with van der Waals surface area (Å²) in [7, 11) is -3.20. The van der Waals surface area contributed by atoms with Crippen molar-refractivity contribution in [3.05, 3.63) is 23.5 Å². The average molecular weight is 283 g/mol. The highest BCUT2D eigenvalue weighted by molar-refractivity contribution is 7.90. The van der Waals surface area contributed by atoms with Gasteiger partial charge in [-0.3, -0.25) is 4.98 Å². The van der Waals surface area contributed by atoms with Crippen molar-refractivity contribution in [2.75, 3.05) is 12.9 Å². The summed E-state index contributed by atoms with van der Waals surface area (Å²) in [5.74, 6) is 0.457. The number of nitrogens with zero attached hydrogens (tertiary/aromatic N) is 1. The van der Waals surface area contributed by atoms with Crippen molar-refractivity contribution >= 4 is 9.84 Å². The van der Waals surface area contributed by atoms with Crippen LogP contribution in [0.2, 0.25) is 0 Å². The van der Waals surface area contributed by atoms with Crippen LogP contribution in [-0.2, 0) is 14.6 Å². The van der Waals surface area contributed by atoms with E-state index in [1.165, 1.54) is 12.5 Å². The molecule has 5 heteroatoms. The molecular formula is C14H21NO3S. The van der Waals surface area contributed by atoms with E-state index in [1.807, 2.05) is 6.92 Å². The lowest BCUT2D eigenvalue weighted by Crippen LogP contribution is -2.10. The third-order valence-electron chi connectivity index (χ3n) is 3.41. The van der Waals surface area contributed by atoms with Crippen LogP contribution in [0.1, 0.15) is 56.4 Å². The zero-order chi connectivity index (χ0) is 14.0. The number of hydrogen-bond donors (Lipinski definition) is 0. The largest absolute Gasteiger partial charge is 0.372 e. The molecule has 1 unspecified atom stereocenters. The number of sulfone groups is 1. The van der Waals surface area contributed by atoms with E-state index >= 15 is 0 Å². The summed E-state index contributed by atoms with van der Waals surface area (Å²) < 4.78 is 29.0. The van der Waals surface area contributed by atoms with E-state index in [-0.39, 0.29) is 6.10 Å². The van der Waals surface area contributed by atoms with Crippen LogP contribution in [0.15, 0.2) is 17.2 Å². The molecule has 1 saturated carbocycles. The molecular weight excluding hydrogens is 262 g/mol. The quantitative estimate of drug-likeness (QED) is 0.805. The van der Waals surface area contributed by atoms with Crippen LogP contribution in [0.3, 0.4) is 0 Å². The lowest BCUT2D eigenvalue weighted by atomic mass is 10.0. The Morgan fingerprint density at radius 3 is 2.58 bits per heavy atom. The highest BCUT2D eigenvalue weighted by Crippen LogP contribution is 2.43. The van der Waals surface area contributed by atoms with Crippen molar-refractivity contribution in [1.29, 1.82) is 0 Å². The summed E-state index contributed by atoms with van der Waals surface area (Å²) in [5.41, 5.74) is 1.97. The van der Waals surface area contributed by atoms with E-state index in [4.69, 9.17) is 4.74 Å². The molecule has 19 heavy (non-hydrogen) atoms. The van der Waals surface area contributed by atoms with Gasteiger partial charge in [-0.15, -0.1) is 0 Å². The molecule has 1 aliphatic carbocycles. The van der Waals surface area contributed by atoms with E-state index in [1.54, 1.807) is 6.07 Å². The van der Waals surface area contributed by atoms with Gasteiger partial charge in [-0.1, -0.05) is 6.92 Å². The molecule has 4 nitrogen and oxygen atoms in total. The summed E-state index contributed by atoms with van der Waals surface area (Å²) in [5, 5.41) is 0. The minimum Gasteiger partial charge on any atom is -0.372 e. The lowest BCUT2D eigenvalue weighted by molar-refractivity contribution is 0.0560. The number of rotatable bonds is 6. The molecule has 1 aliphatic rings. The van der Waals surface area contributed by atoms with Crippen molar-refractivity contribution in [2.45, 2.75) is 50.0 Å². The number of ether oxygens (including phenoxy) is 1. The molecule has 0 aliphatic heterocycles. The fourth-order valence-electron chi connectivity index (χ4n) is 2.26. The summed E-state index contributed by atoms with van der Waals surface area (Å²) in [6.45, 7) is 4.66. The molecule has 1 fully saturated rings. The molecule has 0 amide bonds. The van der Waals surface area contributed by atoms with Crippen LogP contribution in [0, 0.1) is 0 Å². The zero-order valence-electron chi connectivity index (χ0n) is 11.7. The van der Waals surface area contributed by atoms with Crippen molar-refractivity contribution in [1.82, 2.24) is 4.98 Å². The second kappa shape index (κ2) is 5.59. The monoisotopic (exact) mass is 283 g/mol. The molecule has 0 N–H and O–H groups in total. The van der Waals surface area contributed by atoms with Gasteiger partial charge in [0.25, 0.3) is 0 Å². The van der Waals surface area contributed by atoms with Crippen molar-refractivity contribution in [3.8, 4) is 0 Å². The molecule has 2 rings (SSSR count). The van der Waals surface area contributed by atoms with Crippen LogP contribution in [0.5, 0.6) is 0 Å². The van der Waals surface area contributed by atoms with E-state index in [2.05, 4.69) is 11.9 Å². The Morgan fingerprint density at radius 2 is 2.11 bits per heavy atom. The Hall–Kier alpha value is -0.940. The van der Waals surface area contributed by atoms with Crippen LogP contribution < -0.4 is 0 Å². The van der Waals surface area contributed by atoms with Gasteiger partial charge < -0.3 is 4.74 Å². The molecule has 1 aromatic rings. The predicted molar refractivity (Wildman–Crippen MR) is 74.0 cm³/mol. The van der Waals surface area contributed by atoms with E-state index in [9.17, 15) is 8.42 Å². The number of hydrogen-bond acceptors (Lipinski definition) is 4. The van der Waals surface area contributed by atoms with Crippen molar-refractivity contribution < 1.29 is 13.2 Å². The summed E-state index contributed by atoms with van der Waals surface area (Å²) in [4.78, 5) is 4.70. The first-order valence-corrected chi connectivity index (χ1v) is 8.68. The molecule has 106 valence electrons. The van der Waals surface area contributed by atoms with Gasteiger partial charge in [-0.25, -0.2) is 8.42 Å². The Labute approximate surface area is 115 Å². The highest BCUT2D eigenvalue weighted by Gasteiger charge is 2.30. The molecule has 0 spiro atoms. The van der Waals surface area contributed by atoms with Gasteiger partial charge in [0.1, 0.15) is 0 Å². The van der Waals surface area contributed by atoms with Gasteiger partial charge in [-0.05, 0) is 43.7 Å². The normalized spacial score (nSPS) is 17.4. The standard InChI is InChI=1S/C14H21NO3S/c1-4-13(18-5-2)14-12(10-6-7-10)8-11(9-15-14)19(3,16)17/h8-10,13H,4-7H2,1-3H3. The lowest BCUT2D eigenvalue weighted by Gasteiger charge is -2.18. The van der Waals surface area contributed by atoms with Gasteiger partial charge >= 0.3 is 0 Å². The fraction of sp³-hybridized carbons (Fsp3) is 0.643. The van der Waals surface area contributed by atoms with Gasteiger partial charge in [0.15, 0.2) is 9.84 Å². The first-order valence-electron chi connectivity index (χ1n) is 6.78. The van der Waals surface area contributed by atoms with E-state index < -0.39 is 9.84 Å². The first kappa shape index (κ1) is 14.5. The molecule has 0 radical (unpaired) electrons. The van der Waals surface area contributed by atoms with Gasteiger partial charge in [0, 0.05) is 19.1 Å². The summed E-state index contributed by atoms with van der Waals surface area (Å²) in [6, 6.07) is 1.79. The average Bonchev–Trinajstić information content (AvgIpc) is 3.18. The van der Waals surface area contributed by atoms with Crippen LogP contribution in [0.25, 0.3) is 0 Å². The van der Waals surface area contributed by atoms with Crippen LogP contribution in [-0.4, -0.2) is 26.3 Å². The van der Waals surface area contributed by atoms with Crippen molar-refractivity contribution in [3.63, 3.8) is 0 Å². The van der Waals surface area contributed by atoms with Gasteiger partial charge in [-0.2, -0.15) is 0 Å². The molecule has 1 aromatic heterocycles. The van der Waals surface area contributed by atoms with Crippen molar-refractivity contribution in [2.24, 2.45) is 0 Å². The molecule has 1 heterocycles.